The highest BCUT2D eigenvalue weighted by molar-refractivity contribution is 7.80. The lowest BCUT2D eigenvalue weighted by molar-refractivity contribution is 0.0780. The first-order valence-corrected chi connectivity index (χ1v) is 6.59. The van der Waals surface area contributed by atoms with Crippen LogP contribution in [0.2, 0.25) is 0 Å². The van der Waals surface area contributed by atoms with E-state index in [0.717, 1.165) is 35.9 Å². The summed E-state index contributed by atoms with van der Waals surface area (Å²) in [5.74, 6) is 0.619. The molecule has 1 aliphatic rings. The lowest BCUT2D eigenvalue weighted by atomic mass is 10.1. The quantitative estimate of drug-likeness (QED) is 0.841. The molecule has 2 rings (SSSR count). The molecule has 1 saturated heterocycles. The van der Waals surface area contributed by atoms with E-state index in [9.17, 15) is 4.79 Å². The third-order valence-corrected chi connectivity index (χ3v) is 4.12. The largest absolute Gasteiger partial charge is 0.384 e. The number of likely N-dealkylation sites (tertiary alicyclic amines) is 1. The summed E-state index contributed by atoms with van der Waals surface area (Å²) >= 11 is 5.67. The summed E-state index contributed by atoms with van der Waals surface area (Å²) in [6.07, 6.45) is 1.04. The van der Waals surface area contributed by atoms with Crippen LogP contribution in [0, 0.1) is 5.92 Å². The van der Waals surface area contributed by atoms with E-state index in [2.05, 4.69) is 12.6 Å². The molecule has 1 unspecified atom stereocenters. The molecule has 0 aliphatic carbocycles. The van der Waals surface area contributed by atoms with Crippen molar-refractivity contribution in [3.05, 3.63) is 16.3 Å². The molecule has 88 valence electrons. The lowest BCUT2D eigenvalue weighted by Gasteiger charge is -2.15. The van der Waals surface area contributed by atoms with Crippen molar-refractivity contribution in [3.8, 4) is 0 Å². The molecule has 1 aromatic rings. The molecular formula is C11H15NO2S2. The number of hydrogen-bond acceptors (Lipinski definition) is 4. The Bertz CT molecular complexity index is 378. The van der Waals surface area contributed by atoms with Crippen LogP contribution >= 0.6 is 24.0 Å². The molecular weight excluding hydrogens is 242 g/mol. The van der Waals surface area contributed by atoms with Gasteiger partial charge in [0.1, 0.15) is 0 Å². The molecule has 0 spiro atoms. The number of thiol groups is 1. The van der Waals surface area contributed by atoms with Gasteiger partial charge in [0.05, 0.1) is 11.5 Å². The zero-order chi connectivity index (χ0) is 11.5. The van der Waals surface area contributed by atoms with Gasteiger partial charge in [0.15, 0.2) is 0 Å². The van der Waals surface area contributed by atoms with Crippen LogP contribution in [0.5, 0.6) is 0 Å². The monoisotopic (exact) mass is 257 g/mol. The van der Waals surface area contributed by atoms with Crippen LogP contribution in [0.25, 0.3) is 0 Å². The summed E-state index contributed by atoms with van der Waals surface area (Å²) in [5, 5.41) is 1.89. The Morgan fingerprint density at radius 2 is 2.56 bits per heavy atom. The van der Waals surface area contributed by atoms with Crippen LogP contribution in [-0.2, 0) is 4.74 Å². The van der Waals surface area contributed by atoms with Crippen LogP contribution < -0.4 is 0 Å². The fraction of sp³-hybridized carbons (Fsp3) is 0.545. The second kappa shape index (κ2) is 5.21. The van der Waals surface area contributed by atoms with E-state index in [1.54, 1.807) is 7.11 Å². The molecule has 0 saturated carbocycles. The predicted molar refractivity (Wildman–Crippen MR) is 67.5 cm³/mol. The molecule has 0 radical (unpaired) electrons. The van der Waals surface area contributed by atoms with Gasteiger partial charge in [0, 0.05) is 36.4 Å². The Morgan fingerprint density at radius 3 is 3.19 bits per heavy atom. The van der Waals surface area contributed by atoms with Gasteiger partial charge in [0.2, 0.25) is 0 Å². The maximum absolute atomic E-state index is 12.1. The molecule has 2 heterocycles. The van der Waals surface area contributed by atoms with Crippen molar-refractivity contribution >= 4 is 29.9 Å². The average Bonchev–Trinajstić information content (AvgIpc) is 2.87. The Hall–Kier alpha value is -0.520. The number of ether oxygens (including phenoxy) is 1. The van der Waals surface area contributed by atoms with Crippen LogP contribution in [0.3, 0.4) is 0 Å². The minimum Gasteiger partial charge on any atom is -0.384 e. The number of hydrogen-bond donors (Lipinski definition) is 1. The van der Waals surface area contributed by atoms with Crippen molar-refractivity contribution in [2.75, 3.05) is 26.8 Å². The van der Waals surface area contributed by atoms with E-state index < -0.39 is 0 Å². The van der Waals surface area contributed by atoms with Crippen molar-refractivity contribution in [2.24, 2.45) is 5.92 Å². The van der Waals surface area contributed by atoms with Crippen LogP contribution in [-0.4, -0.2) is 37.6 Å². The number of rotatable bonds is 3. The molecule has 0 bridgehead atoms. The second-order valence-corrected chi connectivity index (χ2v) is 5.46. The average molecular weight is 257 g/mol. The summed E-state index contributed by atoms with van der Waals surface area (Å²) in [5.41, 5.74) is 0. The number of nitrogens with zero attached hydrogens (tertiary/aromatic N) is 1. The molecule has 1 atom stereocenters. The Kier molecular flexibility index (Phi) is 3.89. The fourth-order valence-electron chi connectivity index (χ4n) is 1.98. The number of thiophene rings is 1. The van der Waals surface area contributed by atoms with Gasteiger partial charge in [-0.05, 0) is 12.5 Å². The summed E-state index contributed by atoms with van der Waals surface area (Å²) in [7, 11) is 1.71. The first-order valence-electron chi connectivity index (χ1n) is 5.26. The minimum absolute atomic E-state index is 0.129. The highest BCUT2D eigenvalue weighted by Gasteiger charge is 2.27. The summed E-state index contributed by atoms with van der Waals surface area (Å²) in [4.78, 5) is 15.6. The van der Waals surface area contributed by atoms with Crippen LogP contribution in [0.1, 0.15) is 16.1 Å². The van der Waals surface area contributed by atoms with Crippen molar-refractivity contribution in [1.29, 1.82) is 0 Å². The van der Waals surface area contributed by atoms with E-state index >= 15 is 0 Å². The number of methoxy groups -OCH3 is 1. The van der Waals surface area contributed by atoms with Crippen LogP contribution in [0.15, 0.2) is 16.3 Å². The predicted octanol–water partition coefficient (Wildman–Crippen LogP) is 2.15. The SMILES string of the molecule is COCC1CCN(C(=O)c2cc(S)cs2)C1. The molecule has 0 aromatic carbocycles. The zero-order valence-electron chi connectivity index (χ0n) is 9.18. The molecule has 1 amide bonds. The van der Waals surface area contributed by atoms with Gasteiger partial charge in [-0.15, -0.1) is 24.0 Å². The summed E-state index contributed by atoms with van der Waals surface area (Å²) < 4.78 is 5.12. The number of carbonyl (C=O) groups excluding carboxylic acids is 1. The van der Waals surface area contributed by atoms with Gasteiger partial charge in [-0.1, -0.05) is 0 Å². The van der Waals surface area contributed by atoms with Gasteiger partial charge >= 0.3 is 0 Å². The van der Waals surface area contributed by atoms with Gasteiger partial charge in [-0.25, -0.2) is 0 Å². The molecule has 1 aliphatic heterocycles. The smallest absolute Gasteiger partial charge is 0.263 e. The van der Waals surface area contributed by atoms with E-state index in [-0.39, 0.29) is 5.91 Å². The van der Waals surface area contributed by atoms with Crippen molar-refractivity contribution in [3.63, 3.8) is 0 Å². The lowest BCUT2D eigenvalue weighted by Crippen LogP contribution is -2.28. The molecule has 1 aromatic heterocycles. The molecule has 1 fully saturated rings. The number of carbonyl (C=O) groups is 1. The van der Waals surface area contributed by atoms with Gasteiger partial charge in [-0.2, -0.15) is 0 Å². The third-order valence-electron chi connectivity index (χ3n) is 2.77. The minimum atomic E-state index is 0.129. The van der Waals surface area contributed by atoms with E-state index in [1.165, 1.54) is 11.3 Å². The summed E-state index contributed by atoms with van der Waals surface area (Å²) in [6.45, 7) is 2.39. The first-order chi connectivity index (χ1) is 7.70. The van der Waals surface area contributed by atoms with Crippen molar-refractivity contribution in [1.82, 2.24) is 4.90 Å². The maximum Gasteiger partial charge on any atom is 0.263 e. The standard InChI is InChI=1S/C11H15NO2S2/c1-14-6-8-2-3-12(5-8)11(13)10-4-9(15)7-16-10/h4,7-8,15H,2-3,5-6H2,1H3. The normalized spacial score (nSPS) is 20.4. The summed E-state index contributed by atoms with van der Waals surface area (Å²) in [6, 6.07) is 1.83. The van der Waals surface area contributed by atoms with Gasteiger partial charge in [-0.3, -0.25) is 4.79 Å². The van der Waals surface area contributed by atoms with Crippen molar-refractivity contribution in [2.45, 2.75) is 11.3 Å². The van der Waals surface area contributed by atoms with Crippen LogP contribution in [0.4, 0.5) is 0 Å². The number of amides is 1. The second-order valence-electron chi connectivity index (χ2n) is 4.03. The molecule has 5 heteroatoms. The Balaban J connectivity index is 1.97. The Labute approximate surface area is 105 Å². The highest BCUT2D eigenvalue weighted by Crippen LogP contribution is 2.23. The Morgan fingerprint density at radius 1 is 1.75 bits per heavy atom. The molecule has 16 heavy (non-hydrogen) atoms. The maximum atomic E-state index is 12.1. The van der Waals surface area contributed by atoms with E-state index in [4.69, 9.17) is 4.74 Å². The highest BCUT2D eigenvalue weighted by atomic mass is 32.1. The third kappa shape index (κ3) is 2.59. The van der Waals surface area contributed by atoms with E-state index in [1.807, 2.05) is 16.3 Å². The van der Waals surface area contributed by atoms with E-state index in [0.29, 0.717) is 5.92 Å². The topological polar surface area (TPSA) is 29.5 Å². The van der Waals surface area contributed by atoms with Crippen molar-refractivity contribution < 1.29 is 9.53 Å². The van der Waals surface area contributed by atoms with Gasteiger partial charge < -0.3 is 9.64 Å². The van der Waals surface area contributed by atoms with Gasteiger partial charge in [0.25, 0.3) is 5.91 Å². The zero-order valence-corrected chi connectivity index (χ0v) is 10.9. The first kappa shape index (κ1) is 12.0. The molecule has 3 nitrogen and oxygen atoms in total. The molecule has 0 N–H and O–H groups in total. The fourth-order valence-corrected chi connectivity index (χ4v) is 3.10.